The highest BCUT2D eigenvalue weighted by Gasteiger charge is 2.24. The predicted octanol–water partition coefficient (Wildman–Crippen LogP) is 3.34. The maximum Gasteiger partial charge on any atom is 0.229 e. The van der Waals surface area contributed by atoms with E-state index < -0.39 is 33.1 Å². The van der Waals surface area contributed by atoms with Gasteiger partial charge in [-0.1, -0.05) is 11.3 Å². The van der Waals surface area contributed by atoms with Gasteiger partial charge in [0.2, 0.25) is 5.91 Å². The van der Waals surface area contributed by atoms with E-state index in [1.807, 2.05) is 19.0 Å². The minimum absolute atomic E-state index is 0.0279. The number of ether oxygens (including phenoxy) is 1. The quantitative estimate of drug-likeness (QED) is 0.465. The molecule has 0 saturated heterocycles. The summed E-state index contributed by atoms with van der Waals surface area (Å²) in [6.45, 7) is 0.697. The van der Waals surface area contributed by atoms with E-state index in [0.717, 1.165) is 23.5 Å². The third-order valence-corrected chi connectivity index (χ3v) is 7.47. The fourth-order valence-electron chi connectivity index (χ4n) is 2.95. The number of sulfone groups is 1. The molecule has 0 aliphatic rings. The number of carbonyl (C=O) groups is 1. The van der Waals surface area contributed by atoms with E-state index in [2.05, 4.69) is 4.98 Å². The summed E-state index contributed by atoms with van der Waals surface area (Å²) < 4.78 is 58.3. The zero-order chi connectivity index (χ0) is 23.5. The van der Waals surface area contributed by atoms with Crippen LogP contribution in [0.4, 0.5) is 13.9 Å². The number of amides is 1. The fourth-order valence-corrected chi connectivity index (χ4v) is 5.22. The van der Waals surface area contributed by atoms with Gasteiger partial charge in [0.15, 0.2) is 20.8 Å². The number of methoxy groups -OCH3 is 1. The number of aromatic nitrogens is 1. The Morgan fingerprint density at radius 3 is 2.44 bits per heavy atom. The summed E-state index contributed by atoms with van der Waals surface area (Å²) in [5.41, 5.74) is -0.0279. The van der Waals surface area contributed by atoms with Crippen LogP contribution in [0.2, 0.25) is 0 Å². The Morgan fingerprint density at radius 2 is 1.81 bits per heavy atom. The number of hydrogen-bond donors (Lipinski definition) is 0. The Labute approximate surface area is 189 Å². The second-order valence-electron chi connectivity index (χ2n) is 7.32. The van der Waals surface area contributed by atoms with Gasteiger partial charge in [-0.15, -0.1) is 0 Å². The standard InChI is InChI=1S/C21H23F2N3O4S2/c1-25(2)9-10-26(21-24-20-17(23)12-14(22)13-18(20)31-21)19(27)8-11-32(28,29)16-6-4-15(30-3)5-7-16/h4-7,12-13H,8-11H2,1-3H3. The summed E-state index contributed by atoms with van der Waals surface area (Å²) in [4.78, 5) is 20.4. The second kappa shape index (κ2) is 9.88. The highest BCUT2D eigenvalue weighted by atomic mass is 32.2. The molecule has 0 aliphatic carbocycles. The van der Waals surface area contributed by atoms with Crippen LogP contribution in [0.1, 0.15) is 6.42 Å². The molecule has 0 bridgehead atoms. The van der Waals surface area contributed by atoms with Crippen LogP contribution < -0.4 is 9.64 Å². The van der Waals surface area contributed by atoms with Gasteiger partial charge >= 0.3 is 0 Å². The number of likely N-dealkylation sites (N-methyl/N-ethyl adjacent to an activating group) is 1. The molecule has 32 heavy (non-hydrogen) atoms. The number of benzene rings is 2. The molecule has 11 heteroatoms. The molecular weight excluding hydrogens is 460 g/mol. The normalized spacial score (nSPS) is 11.8. The maximum atomic E-state index is 14.1. The van der Waals surface area contributed by atoms with Crippen LogP contribution in [0, 0.1) is 11.6 Å². The predicted molar refractivity (Wildman–Crippen MR) is 120 cm³/mol. The van der Waals surface area contributed by atoms with E-state index in [9.17, 15) is 22.0 Å². The molecular formula is C21H23F2N3O4S2. The lowest BCUT2D eigenvalue weighted by atomic mass is 10.3. The molecule has 0 radical (unpaired) electrons. The van der Waals surface area contributed by atoms with Crippen LogP contribution in [0.3, 0.4) is 0 Å². The molecule has 0 N–H and O–H groups in total. The first kappa shape index (κ1) is 24.0. The van der Waals surface area contributed by atoms with Gasteiger partial charge in [0.05, 0.1) is 22.5 Å². The first-order valence-corrected chi connectivity index (χ1v) is 12.1. The lowest BCUT2D eigenvalue weighted by Gasteiger charge is -2.22. The summed E-state index contributed by atoms with van der Waals surface area (Å²) >= 11 is 0.980. The number of carbonyl (C=O) groups excluding carboxylic acids is 1. The number of nitrogens with zero attached hydrogens (tertiary/aromatic N) is 3. The molecule has 0 fully saturated rings. The summed E-state index contributed by atoms with van der Waals surface area (Å²) in [7, 11) is 1.42. The zero-order valence-electron chi connectivity index (χ0n) is 17.8. The molecule has 0 unspecified atom stereocenters. The minimum Gasteiger partial charge on any atom is -0.497 e. The molecule has 0 aliphatic heterocycles. The molecule has 1 aromatic heterocycles. The lowest BCUT2D eigenvalue weighted by molar-refractivity contribution is -0.118. The minimum atomic E-state index is -3.70. The second-order valence-corrected chi connectivity index (χ2v) is 10.4. The van der Waals surface area contributed by atoms with Crippen molar-refractivity contribution >= 4 is 42.4 Å². The molecule has 0 saturated carbocycles. The zero-order valence-corrected chi connectivity index (χ0v) is 19.5. The summed E-state index contributed by atoms with van der Waals surface area (Å²) in [5, 5.41) is 0.193. The lowest BCUT2D eigenvalue weighted by Crippen LogP contribution is -2.37. The number of hydrogen-bond acceptors (Lipinski definition) is 7. The van der Waals surface area contributed by atoms with Crippen LogP contribution in [0.15, 0.2) is 41.3 Å². The van der Waals surface area contributed by atoms with Crippen LogP contribution in [0.25, 0.3) is 10.2 Å². The fraction of sp³-hybridized carbons (Fsp3) is 0.333. The average molecular weight is 484 g/mol. The van der Waals surface area contributed by atoms with Gasteiger partial charge in [0.25, 0.3) is 0 Å². The largest absolute Gasteiger partial charge is 0.497 e. The Bertz CT molecular complexity index is 1210. The van der Waals surface area contributed by atoms with Crippen molar-refractivity contribution in [1.82, 2.24) is 9.88 Å². The van der Waals surface area contributed by atoms with Crippen molar-refractivity contribution in [2.45, 2.75) is 11.3 Å². The van der Waals surface area contributed by atoms with E-state index >= 15 is 0 Å². The van der Waals surface area contributed by atoms with E-state index in [0.29, 0.717) is 12.3 Å². The van der Waals surface area contributed by atoms with Crippen LogP contribution in [0.5, 0.6) is 5.75 Å². The number of rotatable bonds is 9. The van der Waals surface area contributed by atoms with E-state index in [4.69, 9.17) is 4.74 Å². The van der Waals surface area contributed by atoms with Gasteiger partial charge in [-0.05, 0) is 44.4 Å². The van der Waals surface area contributed by atoms with Gasteiger partial charge in [-0.25, -0.2) is 22.2 Å². The van der Waals surface area contributed by atoms with Gasteiger partial charge in [0.1, 0.15) is 17.1 Å². The number of halogens is 2. The van der Waals surface area contributed by atoms with Crippen molar-refractivity contribution in [2.24, 2.45) is 0 Å². The number of thiazole rings is 1. The first-order chi connectivity index (χ1) is 15.1. The molecule has 172 valence electrons. The summed E-state index contributed by atoms with van der Waals surface area (Å²) in [5.74, 6) is -1.89. The third-order valence-electron chi connectivity index (χ3n) is 4.71. The van der Waals surface area contributed by atoms with Crippen molar-refractivity contribution in [1.29, 1.82) is 0 Å². The molecule has 1 heterocycles. The maximum absolute atomic E-state index is 14.1. The Balaban J connectivity index is 1.82. The van der Waals surface area contributed by atoms with E-state index in [-0.39, 0.29) is 33.2 Å². The highest BCUT2D eigenvalue weighted by Crippen LogP contribution is 2.31. The molecule has 0 atom stereocenters. The molecule has 3 rings (SSSR count). The van der Waals surface area contributed by atoms with Crippen LogP contribution >= 0.6 is 11.3 Å². The van der Waals surface area contributed by atoms with Gasteiger partial charge < -0.3 is 9.64 Å². The van der Waals surface area contributed by atoms with Crippen molar-refractivity contribution in [3.05, 3.63) is 48.0 Å². The molecule has 7 nitrogen and oxygen atoms in total. The van der Waals surface area contributed by atoms with Crippen LogP contribution in [-0.2, 0) is 14.6 Å². The molecule has 3 aromatic rings. The van der Waals surface area contributed by atoms with Crippen molar-refractivity contribution in [2.75, 3.05) is 44.9 Å². The van der Waals surface area contributed by atoms with Crippen molar-refractivity contribution in [3.63, 3.8) is 0 Å². The summed E-state index contributed by atoms with van der Waals surface area (Å²) in [6.07, 6.45) is -0.283. The summed E-state index contributed by atoms with van der Waals surface area (Å²) in [6, 6.07) is 7.81. The van der Waals surface area contributed by atoms with Crippen LogP contribution in [-0.4, -0.2) is 64.3 Å². The monoisotopic (exact) mass is 483 g/mol. The first-order valence-electron chi connectivity index (χ1n) is 9.68. The third kappa shape index (κ3) is 5.59. The van der Waals surface area contributed by atoms with Gasteiger partial charge in [0, 0.05) is 25.6 Å². The number of fused-ring (bicyclic) bond motifs is 1. The van der Waals surface area contributed by atoms with Crippen molar-refractivity contribution in [3.8, 4) is 5.75 Å². The number of anilines is 1. The van der Waals surface area contributed by atoms with Gasteiger partial charge in [-0.2, -0.15) is 0 Å². The Kier molecular flexibility index (Phi) is 7.42. The topological polar surface area (TPSA) is 79.8 Å². The van der Waals surface area contributed by atoms with E-state index in [1.54, 1.807) is 0 Å². The Morgan fingerprint density at radius 1 is 1.12 bits per heavy atom. The van der Waals surface area contributed by atoms with E-state index in [1.165, 1.54) is 36.3 Å². The van der Waals surface area contributed by atoms with Gasteiger partial charge in [-0.3, -0.25) is 9.69 Å². The molecule has 2 aromatic carbocycles. The highest BCUT2D eigenvalue weighted by molar-refractivity contribution is 7.91. The Hall–Kier alpha value is -2.63. The average Bonchev–Trinajstić information content (AvgIpc) is 3.16. The van der Waals surface area contributed by atoms with Crippen molar-refractivity contribution < 1.29 is 26.7 Å². The SMILES string of the molecule is COc1ccc(S(=O)(=O)CCC(=O)N(CCN(C)C)c2nc3c(F)cc(F)cc3s2)cc1. The molecule has 1 amide bonds. The molecule has 0 spiro atoms. The smallest absolute Gasteiger partial charge is 0.229 e.